The van der Waals surface area contributed by atoms with Crippen molar-refractivity contribution in [3.05, 3.63) is 29.3 Å². The van der Waals surface area contributed by atoms with Crippen molar-refractivity contribution in [3.63, 3.8) is 0 Å². The molecular weight excluding hydrogens is 169 g/mol. The maximum absolute atomic E-state index is 12.6. The predicted octanol–water partition coefficient (Wildman–Crippen LogP) is 2.03. The van der Waals surface area contributed by atoms with Crippen molar-refractivity contribution in [2.75, 3.05) is 0 Å². The first-order valence-corrected chi connectivity index (χ1v) is 2.98. The van der Waals surface area contributed by atoms with E-state index >= 15 is 0 Å². The van der Waals surface area contributed by atoms with Crippen molar-refractivity contribution in [2.45, 2.75) is 6.43 Å². The minimum Gasteiger partial charge on any atom is -0.261 e. The van der Waals surface area contributed by atoms with E-state index in [0.717, 1.165) is 12.4 Å². The lowest BCUT2D eigenvalue weighted by Gasteiger charge is -2.00. The largest absolute Gasteiger partial charge is 0.266 e. The number of hydrogen-bond acceptors (Lipinski definition) is 2. The molecule has 1 heterocycles. The quantitative estimate of drug-likeness (QED) is 0.649. The van der Waals surface area contributed by atoms with E-state index in [1.54, 1.807) is 0 Å². The van der Waals surface area contributed by atoms with E-state index < -0.39 is 23.4 Å². The van der Waals surface area contributed by atoms with Crippen LogP contribution in [0.5, 0.6) is 0 Å². The van der Waals surface area contributed by atoms with Gasteiger partial charge in [-0.05, 0) is 0 Å². The van der Waals surface area contributed by atoms with E-state index in [1.165, 1.54) is 6.07 Å². The number of nitriles is 1. The summed E-state index contributed by atoms with van der Waals surface area (Å²) in [6.45, 7) is 0. The molecule has 5 heteroatoms. The molecule has 0 atom stereocenters. The van der Waals surface area contributed by atoms with Crippen LogP contribution in [0.1, 0.15) is 17.6 Å². The Hall–Kier alpha value is -1.57. The van der Waals surface area contributed by atoms with Gasteiger partial charge in [0.25, 0.3) is 6.43 Å². The predicted molar refractivity (Wildman–Crippen MR) is 33.9 cm³/mol. The molecule has 0 aliphatic heterocycles. The van der Waals surface area contributed by atoms with Crippen molar-refractivity contribution >= 4 is 0 Å². The number of nitrogens with zero attached hydrogens (tertiary/aromatic N) is 2. The van der Waals surface area contributed by atoms with Gasteiger partial charge in [-0.1, -0.05) is 0 Å². The van der Waals surface area contributed by atoms with Gasteiger partial charge in [0.1, 0.15) is 6.07 Å². The first-order valence-electron chi connectivity index (χ1n) is 2.98. The van der Waals surface area contributed by atoms with Crippen molar-refractivity contribution in [2.24, 2.45) is 0 Å². The summed E-state index contributed by atoms with van der Waals surface area (Å²) >= 11 is 0. The number of rotatable bonds is 1. The van der Waals surface area contributed by atoms with Crippen LogP contribution in [0.4, 0.5) is 13.2 Å². The van der Waals surface area contributed by atoms with Crippen LogP contribution in [0.25, 0.3) is 0 Å². The van der Waals surface area contributed by atoms with Gasteiger partial charge in [0, 0.05) is 6.20 Å². The summed E-state index contributed by atoms with van der Waals surface area (Å²) < 4.78 is 36.7. The summed E-state index contributed by atoms with van der Waals surface area (Å²) in [5.41, 5.74) is -1.31. The molecule has 2 nitrogen and oxygen atoms in total. The lowest BCUT2D eigenvalue weighted by atomic mass is 10.1. The molecule has 62 valence electrons. The second-order valence-electron chi connectivity index (χ2n) is 2.00. The Morgan fingerprint density at radius 1 is 1.42 bits per heavy atom. The van der Waals surface area contributed by atoms with Crippen LogP contribution in [-0.4, -0.2) is 4.98 Å². The van der Waals surface area contributed by atoms with Gasteiger partial charge in [-0.2, -0.15) is 5.26 Å². The van der Waals surface area contributed by atoms with E-state index in [1.807, 2.05) is 0 Å². The van der Waals surface area contributed by atoms with E-state index in [4.69, 9.17) is 5.26 Å². The van der Waals surface area contributed by atoms with Gasteiger partial charge >= 0.3 is 0 Å². The van der Waals surface area contributed by atoms with Gasteiger partial charge in [-0.15, -0.1) is 0 Å². The van der Waals surface area contributed by atoms with Crippen molar-refractivity contribution in [1.29, 1.82) is 5.26 Å². The third-order valence-electron chi connectivity index (χ3n) is 1.28. The molecule has 0 aliphatic carbocycles. The van der Waals surface area contributed by atoms with Crippen LogP contribution >= 0.6 is 0 Å². The van der Waals surface area contributed by atoms with E-state index in [2.05, 4.69) is 4.98 Å². The van der Waals surface area contributed by atoms with Crippen molar-refractivity contribution in [1.82, 2.24) is 4.98 Å². The van der Waals surface area contributed by atoms with Gasteiger partial charge in [-0.3, -0.25) is 4.98 Å². The van der Waals surface area contributed by atoms with Crippen LogP contribution in [0, 0.1) is 17.1 Å². The summed E-state index contributed by atoms with van der Waals surface area (Å²) in [7, 11) is 0. The zero-order chi connectivity index (χ0) is 9.14. The second-order valence-corrected chi connectivity index (χ2v) is 2.00. The molecule has 12 heavy (non-hydrogen) atoms. The Morgan fingerprint density at radius 3 is 2.50 bits per heavy atom. The van der Waals surface area contributed by atoms with Crippen LogP contribution in [0.3, 0.4) is 0 Å². The summed E-state index contributed by atoms with van der Waals surface area (Å²) in [4.78, 5) is 3.21. The molecule has 0 spiro atoms. The fraction of sp³-hybridized carbons (Fsp3) is 0.143. The highest BCUT2D eigenvalue weighted by Gasteiger charge is 2.16. The fourth-order valence-corrected chi connectivity index (χ4v) is 0.733. The zero-order valence-corrected chi connectivity index (χ0v) is 5.76. The van der Waals surface area contributed by atoms with Crippen molar-refractivity contribution in [3.8, 4) is 6.07 Å². The lowest BCUT2D eigenvalue weighted by Crippen LogP contribution is -1.95. The minimum absolute atomic E-state index is 0.639. The monoisotopic (exact) mass is 172 g/mol. The van der Waals surface area contributed by atoms with Gasteiger partial charge in [0.05, 0.1) is 17.3 Å². The Morgan fingerprint density at radius 2 is 2.08 bits per heavy atom. The molecule has 0 bridgehead atoms. The average molecular weight is 172 g/mol. The first kappa shape index (κ1) is 8.53. The number of alkyl halides is 2. The molecule has 0 N–H and O–H groups in total. The molecule has 0 saturated carbocycles. The van der Waals surface area contributed by atoms with Crippen molar-refractivity contribution < 1.29 is 13.2 Å². The summed E-state index contributed by atoms with van der Waals surface area (Å²) in [6.07, 6.45) is -1.36. The summed E-state index contributed by atoms with van der Waals surface area (Å²) in [5, 5.41) is 8.30. The number of pyridine rings is 1. The van der Waals surface area contributed by atoms with Crippen LogP contribution in [0.15, 0.2) is 12.4 Å². The second kappa shape index (κ2) is 3.22. The van der Waals surface area contributed by atoms with Gasteiger partial charge in [0.15, 0.2) is 5.82 Å². The Labute approximate surface area is 66.3 Å². The molecule has 1 aromatic heterocycles. The van der Waals surface area contributed by atoms with E-state index in [-0.39, 0.29) is 0 Å². The van der Waals surface area contributed by atoms with Crippen LogP contribution < -0.4 is 0 Å². The van der Waals surface area contributed by atoms with E-state index in [0.29, 0.717) is 0 Å². The third kappa shape index (κ3) is 1.37. The Balaban J connectivity index is 3.30. The smallest absolute Gasteiger partial charge is 0.261 e. The molecule has 0 unspecified atom stereocenters. The summed E-state index contributed by atoms with van der Waals surface area (Å²) in [5.74, 6) is -1.02. The Bertz CT molecular complexity index is 330. The normalized spacial score (nSPS) is 9.92. The highest BCUT2D eigenvalue weighted by molar-refractivity contribution is 5.36. The van der Waals surface area contributed by atoms with Gasteiger partial charge < -0.3 is 0 Å². The Kier molecular flexibility index (Phi) is 2.29. The first-order chi connectivity index (χ1) is 5.66. The third-order valence-corrected chi connectivity index (χ3v) is 1.28. The highest BCUT2D eigenvalue weighted by atomic mass is 19.3. The maximum Gasteiger partial charge on any atom is 0.266 e. The number of aromatic nitrogens is 1. The molecule has 1 aromatic rings. The van der Waals surface area contributed by atoms with E-state index in [9.17, 15) is 13.2 Å². The SMILES string of the molecule is N#Cc1c(F)cncc1C(F)F. The molecule has 1 rings (SSSR count). The number of hydrogen-bond donors (Lipinski definition) is 0. The minimum atomic E-state index is -2.87. The van der Waals surface area contributed by atoms with Gasteiger partial charge in [-0.25, -0.2) is 13.2 Å². The lowest BCUT2D eigenvalue weighted by molar-refractivity contribution is 0.150. The van der Waals surface area contributed by atoms with Crippen LogP contribution in [-0.2, 0) is 0 Å². The highest BCUT2D eigenvalue weighted by Crippen LogP contribution is 2.22. The molecule has 0 fully saturated rings. The topological polar surface area (TPSA) is 36.7 Å². The average Bonchev–Trinajstić information content (AvgIpc) is 2.03. The molecule has 0 aromatic carbocycles. The fourth-order valence-electron chi connectivity index (χ4n) is 0.733. The number of halogens is 3. The summed E-state index contributed by atoms with van der Waals surface area (Å²) in [6, 6.07) is 1.35. The van der Waals surface area contributed by atoms with Crippen LogP contribution in [0.2, 0.25) is 0 Å². The standard InChI is InChI=1S/C7H3F3N2/c8-6-3-12-2-5(7(9)10)4(6)1-11/h2-3,7H. The maximum atomic E-state index is 12.6. The molecular formula is C7H3F3N2. The molecule has 0 amide bonds. The molecule has 0 aliphatic rings. The molecule has 0 radical (unpaired) electrons. The van der Waals surface area contributed by atoms with Gasteiger partial charge in [0.2, 0.25) is 0 Å². The zero-order valence-electron chi connectivity index (χ0n) is 5.76. The molecule has 0 saturated heterocycles.